The second-order valence-electron chi connectivity index (χ2n) is 8.45. The summed E-state index contributed by atoms with van der Waals surface area (Å²) in [6, 6.07) is 20.9. The molecule has 1 unspecified atom stereocenters. The highest BCUT2D eigenvalue weighted by Gasteiger charge is 2.16. The molecule has 1 atom stereocenters. The van der Waals surface area contributed by atoms with E-state index in [2.05, 4.69) is 13.0 Å². The van der Waals surface area contributed by atoms with Gasteiger partial charge in [-0.15, -0.1) is 0 Å². The van der Waals surface area contributed by atoms with Crippen molar-refractivity contribution in [1.29, 1.82) is 0 Å². The van der Waals surface area contributed by atoms with Crippen LogP contribution >= 0.6 is 0 Å². The lowest BCUT2D eigenvalue weighted by Crippen LogP contribution is -2.25. The lowest BCUT2D eigenvalue weighted by atomic mass is 10.1. The van der Waals surface area contributed by atoms with Gasteiger partial charge in [-0.05, 0) is 61.9 Å². The zero-order valence-electron chi connectivity index (χ0n) is 19.8. The molecule has 6 nitrogen and oxygen atoms in total. The van der Waals surface area contributed by atoms with E-state index in [0.717, 1.165) is 28.2 Å². The molecule has 6 heteroatoms. The van der Waals surface area contributed by atoms with Gasteiger partial charge in [0.05, 0.1) is 17.6 Å². The minimum absolute atomic E-state index is 0.0918. The van der Waals surface area contributed by atoms with Crippen molar-refractivity contribution >= 4 is 16.8 Å². The molecule has 4 aromatic rings. The lowest BCUT2D eigenvalue weighted by molar-refractivity contribution is 0.0916. The minimum atomic E-state index is -0.755. The van der Waals surface area contributed by atoms with E-state index >= 15 is 0 Å². The Labute approximate surface area is 199 Å². The predicted octanol–water partition coefficient (Wildman–Crippen LogP) is 5.26. The van der Waals surface area contributed by atoms with E-state index in [1.807, 2.05) is 54.8 Å². The summed E-state index contributed by atoms with van der Waals surface area (Å²) in [6.45, 7) is 6.64. The quantitative estimate of drug-likeness (QED) is 0.328. The van der Waals surface area contributed by atoms with Gasteiger partial charge in [0.15, 0.2) is 5.78 Å². The van der Waals surface area contributed by atoms with Crippen molar-refractivity contribution in [2.75, 3.05) is 6.61 Å². The zero-order valence-corrected chi connectivity index (χ0v) is 19.8. The zero-order chi connectivity index (χ0) is 24.1. The number of nitrogens with zero attached hydrogens (tertiary/aromatic N) is 2. The minimum Gasteiger partial charge on any atom is -0.491 e. The number of ether oxygens (including phenoxy) is 2. The molecule has 0 radical (unpaired) electrons. The number of hydrogen-bond donors (Lipinski definition) is 1. The topological polar surface area (TPSA) is 73.6 Å². The van der Waals surface area contributed by atoms with Crippen LogP contribution < -0.4 is 9.47 Å². The van der Waals surface area contributed by atoms with Crippen LogP contribution in [0.2, 0.25) is 0 Å². The van der Waals surface area contributed by atoms with Gasteiger partial charge in [0.1, 0.15) is 36.6 Å². The molecular weight excluding hydrogens is 428 g/mol. The first-order valence-electron chi connectivity index (χ1n) is 11.5. The van der Waals surface area contributed by atoms with Crippen LogP contribution in [0.25, 0.3) is 11.0 Å². The number of ketones is 1. The van der Waals surface area contributed by atoms with Crippen molar-refractivity contribution in [2.45, 2.75) is 46.4 Å². The fourth-order valence-electron chi connectivity index (χ4n) is 3.94. The molecule has 0 aliphatic carbocycles. The van der Waals surface area contributed by atoms with Gasteiger partial charge in [0, 0.05) is 12.0 Å². The van der Waals surface area contributed by atoms with E-state index in [1.165, 1.54) is 5.56 Å². The maximum Gasteiger partial charge on any atom is 0.162 e. The van der Waals surface area contributed by atoms with E-state index in [0.29, 0.717) is 30.9 Å². The molecule has 1 aromatic heterocycles. The first-order valence-corrected chi connectivity index (χ1v) is 11.5. The number of hydrogen-bond acceptors (Lipinski definition) is 5. The Kier molecular flexibility index (Phi) is 7.28. The number of para-hydroxylation sites is 2. The van der Waals surface area contributed by atoms with Crippen molar-refractivity contribution in [3.63, 3.8) is 0 Å². The van der Waals surface area contributed by atoms with E-state index < -0.39 is 6.10 Å². The highest BCUT2D eigenvalue weighted by molar-refractivity contribution is 5.95. The highest BCUT2D eigenvalue weighted by atomic mass is 16.5. The van der Waals surface area contributed by atoms with Crippen LogP contribution in [0.15, 0.2) is 66.7 Å². The van der Waals surface area contributed by atoms with Crippen molar-refractivity contribution in [1.82, 2.24) is 9.55 Å². The fourth-order valence-corrected chi connectivity index (χ4v) is 3.94. The third kappa shape index (κ3) is 5.46. The number of aryl methyl sites for hydroxylation is 2. The first-order chi connectivity index (χ1) is 16.4. The molecule has 0 aliphatic rings. The van der Waals surface area contributed by atoms with Gasteiger partial charge >= 0.3 is 0 Å². The Bertz CT molecular complexity index is 1280. The van der Waals surface area contributed by atoms with Gasteiger partial charge in [-0.1, -0.05) is 36.8 Å². The Balaban J connectivity index is 1.45. The van der Waals surface area contributed by atoms with E-state index in [9.17, 15) is 9.90 Å². The van der Waals surface area contributed by atoms with Crippen molar-refractivity contribution in [3.05, 3.63) is 89.2 Å². The lowest BCUT2D eigenvalue weighted by Gasteiger charge is -2.16. The Morgan fingerprint density at radius 2 is 1.79 bits per heavy atom. The third-order valence-electron chi connectivity index (χ3n) is 5.75. The average molecular weight is 459 g/mol. The van der Waals surface area contributed by atoms with E-state index in [4.69, 9.17) is 14.5 Å². The molecular formula is C28H30N2O4. The number of carbonyl (C=O) groups excluding carboxylic acids is 1. The van der Waals surface area contributed by atoms with Crippen molar-refractivity contribution in [3.8, 4) is 11.5 Å². The SMILES string of the molecule is CCC(=O)c1ccc(OCC(O)Cn2c(COc3ccc(C)cc3C)nc3ccccc32)cc1. The standard InChI is InChI=1S/C28H30N2O4/c1-4-26(32)21-10-12-23(13-11-21)33-17-22(31)16-30-25-8-6-5-7-24(25)29-28(30)18-34-27-14-9-19(2)15-20(27)3/h5-15,22,31H,4,16-18H2,1-3H3. The number of aromatic nitrogens is 2. The summed E-state index contributed by atoms with van der Waals surface area (Å²) in [6.07, 6.45) is -0.290. The van der Waals surface area contributed by atoms with Crippen LogP contribution in [0.4, 0.5) is 0 Å². The molecule has 0 spiro atoms. The van der Waals surface area contributed by atoms with Crippen LogP contribution in [-0.2, 0) is 13.2 Å². The molecule has 3 aromatic carbocycles. The summed E-state index contributed by atoms with van der Waals surface area (Å²) < 4.78 is 13.8. The number of Topliss-reactive ketones (excluding diaryl/α,β-unsaturated/α-hetero) is 1. The Morgan fingerprint density at radius 3 is 2.53 bits per heavy atom. The molecule has 176 valence electrons. The smallest absolute Gasteiger partial charge is 0.162 e. The maximum atomic E-state index is 11.8. The second kappa shape index (κ2) is 10.5. The molecule has 34 heavy (non-hydrogen) atoms. The maximum absolute atomic E-state index is 11.8. The first kappa shape index (κ1) is 23.5. The van der Waals surface area contributed by atoms with Crippen LogP contribution in [0.1, 0.15) is 40.7 Å². The molecule has 4 rings (SSSR count). The Hall–Kier alpha value is -3.64. The molecule has 0 bridgehead atoms. The predicted molar refractivity (Wildman–Crippen MR) is 133 cm³/mol. The summed E-state index contributed by atoms with van der Waals surface area (Å²) in [5.74, 6) is 2.26. The van der Waals surface area contributed by atoms with Crippen molar-refractivity contribution < 1.29 is 19.4 Å². The molecule has 1 N–H and O–H groups in total. The van der Waals surface area contributed by atoms with Gasteiger partial charge in [-0.2, -0.15) is 0 Å². The average Bonchev–Trinajstić information content (AvgIpc) is 3.19. The summed E-state index contributed by atoms with van der Waals surface area (Å²) in [5.41, 5.74) is 4.71. The van der Waals surface area contributed by atoms with Gasteiger partial charge in [0.2, 0.25) is 0 Å². The highest BCUT2D eigenvalue weighted by Crippen LogP contribution is 2.22. The monoisotopic (exact) mass is 458 g/mol. The largest absolute Gasteiger partial charge is 0.491 e. The summed E-state index contributed by atoms with van der Waals surface area (Å²) in [7, 11) is 0. The van der Waals surface area contributed by atoms with Crippen LogP contribution in [0, 0.1) is 13.8 Å². The summed E-state index contributed by atoms with van der Waals surface area (Å²) in [5, 5.41) is 10.7. The number of aliphatic hydroxyl groups excluding tert-OH is 1. The van der Waals surface area contributed by atoms with Gasteiger partial charge in [-0.3, -0.25) is 4.79 Å². The number of imidazole rings is 1. The van der Waals surface area contributed by atoms with Crippen molar-refractivity contribution in [2.24, 2.45) is 0 Å². The number of carbonyl (C=O) groups is 1. The molecule has 0 amide bonds. The van der Waals surface area contributed by atoms with Crippen LogP contribution in [0.5, 0.6) is 11.5 Å². The molecule has 0 aliphatic heterocycles. The van der Waals surface area contributed by atoms with Gasteiger partial charge in [0.25, 0.3) is 0 Å². The number of aliphatic hydroxyl groups is 1. The normalized spacial score (nSPS) is 12.0. The molecule has 0 fully saturated rings. The molecule has 0 saturated carbocycles. The summed E-state index contributed by atoms with van der Waals surface area (Å²) >= 11 is 0. The Morgan fingerprint density at radius 1 is 1.03 bits per heavy atom. The number of benzene rings is 3. The molecule has 1 heterocycles. The van der Waals surface area contributed by atoms with Crippen LogP contribution in [-0.4, -0.2) is 33.2 Å². The third-order valence-corrected chi connectivity index (χ3v) is 5.75. The van der Waals surface area contributed by atoms with E-state index in [1.54, 1.807) is 24.3 Å². The summed E-state index contributed by atoms with van der Waals surface area (Å²) in [4.78, 5) is 16.5. The number of fused-ring (bicyclic) bond motifs is 1. The number of rotatable bonds is 10. The van der Waals surface area contributed by atoms with Crippen LogP contribution in [0.3, 0.4) is 0 Å². The molecule has 0 saturated heterocycles. The van der Waals surface area contributed by atoms with Gasteiger partial charge in [-0.25, -0.2) is 4.98 Å². The van der Waals surface area contributed by atoms with Gasteiger partial charge < -0.3 is 19.1 Å². The fraction of sp³-hybridized carbons (Fsp3) is 0.286. The van der Waals surface area contributed by atoms with E-state index in [-0.39, 0.29) is 12.4 Å². The second-order valence-corrected chi connectivity index (χ2v) is 8.45.